The molecule has 0 saturated heterocycles. The maximum atomic E-state index is 14.1. The number of hydrogen-bond acceptors (Lipinski definition) is 5. The van der Waals surface area contributed by atoms with E-state index in [2.05, 4.69) is 9.82 Å². The highest BCUT2D eigenvalue weighted by Gasteiger charge is 2.29. The summed E-state index contributed by atoms with van der Waals surface area (Å²) < 4.78 is 49.1. The van der Waals surface area contributed by atoms with Gasteiger partial charge >= 0.3 is 5.97 Å². The van der Waals surface area contributed by atoms with E-state index in [4.69, 9.17) is 4.74 Å². The Hall–Kier alpha value is -3.82. The molecule has 0 aliphatic carbocycles. The van der Waals surface area contributed by atoms with Crippen molar-refractivity contribution in [3.05, 3.63) is 114 Å². The van der Waals surface area contributed by atoms with E-state index in [1.54, 1.807) is 41.3 Å². The maximum absolute atomic E-state index is 14.1. The summed E-state index contributed by atoms with van der Waals surface area (Å²) in [5, 5.41) is 4.26. The number of halogens is 1. The van der Waals surface area contributed by atoms with Gasteiger partial charge < -0.3 is 4.74 Å². The highest BCUT2D eigenvalue weighted by atomic mass is 32.2. The van der Waals surface area contributed by atoms with Crippen molar-refractivity contribution in [2.45, 2.75) is 24.0 Å². The van der Waals surface area contributed by atoms with Gasteiger partial charge in [-0.2, -0.15) is 9.82 Å². The molecule has 0 unspecified atom stereocenters. The molecule has 34 heavy (non-hydrogen) atoms. The summed E-state index contributed by atoms with van der Waals surface area (Å²) in [6, 6.07) is 22.1. The molecule has 9 heteroatoms. The van der Waals surface area contributed by atoms with Crippen LogP contribution in [0.25, 0.3) is 5.69 Å². The highest BCUT2D eigenvalue weighted by Crippen LogP contribution is 2.16. The van der Waals surface area contributed by atoms with Crippen molar-refractivity contribution in [1.82, 2.24) is 14.5 Å². The average molecular weight is 480 g/mol. The summed E-state index contributed by atoms with van der Waals surface area (Å²) in [5.41, 5.74) is 2.20. The Morgan fingerprint density at radius 1 is 0.941 bits per heavy atom. The lowest BCUT2D eigenvalue weighted by Crippen LogP contribution is -2.43. The fourth-order valence-electron chi connectivity index (χ4n) is 3.35. The van der Waals surface area contributed by atoms with E-state index in [1.807, 2.05) is 36.4 Å². The largest absolute Gasteiger partial charge is 0.459 e. The molecule has 0 radical (unpaired) electrons. The van der Waals surface area contributed by atoms with Crippen LogP contribution in [-0.2, 0) is 32.6 Å². The number of hydrogen-bond donors (Lipinski definition) is 1. The fraction of sp³-hybridized carbons (Fsp3) is 0.120. The summed E-state index contributed by atoms with van der Waals surface area (Å²) in [5.74, 6) is -1.69. The van der Waals surface area contributed by atoms with Gasteiger partial charge in [-0.15, -0.1) is 0 Å². The van der Waals surface area contributed by atoms with Crippen LogP contribution in [0.5, 0.6) is 0 Å². The average Bonchev–Trinajstić information content (AvgIpc) is 3.32. The van der Waals surface area contributed by atoms with Crippen molar-refractivity contribution in [3.8, 4) is 5.69 Å². The molecule has 0 aliphatic rings. The van der Waals surface area contributed by atoms with Crippen LogP contribution in [0.3, 0.4) is 0 Å². The molecule has 0 amide bonds. The Morgan fingerprint density at radius 3 is 2.29 bits per heavy atom. The zero-order chi connectivity index (χ0) is 24.0. The van der Waals surface area contributed by atoms with Crippen molar-refractivity contribution in [3.63, 3.8) is 0 Å². The summed E-state index contributed by atoms with van der Waals surface area (Å²) in [7, 11) is -4.31. The monoisotopic (exact) mass is 479 g/mol. The molecule has 0 aliphatic heterocycles. The number of nitrogens with one attached hydrogen (secondary N) is 1. The first-order chi connectivity index (χ1) is 16.4. The third kappa shape index (κ3) is 5.75. The van der Waals surface area contributed by atoms with Crippen LogP contribution >= 0.6 is 0 Å². The topological polar surface area (TPSA) is 90.3 Å². The summed E-state index contributed by atoms with van der Waals surface area (Å²) in [6.07, 6.45) is 3.32. The minimum absolute atomic E-state index is 0.0383. The number of carbonyl (C=O) groups is 1. The Morgan fingerprint density at radius 2 is 1.59 bits per heavy atom. The van der Waals surface area contributed by atoms with Crippen LogP contribution in [0.4, 0.5) is 4.39 Å². The number of ether oxygens (including phenoxy) is 1. The quantitative estimate of drug-likeness (QED) is 0.370. The predicted molar refractivity (Wildman–Crippen MR) is 124 cm³/mol. The normalized spacial score (nSPS) is 12.3. The van der Waals surface area contributed by atoms with Gasteiger partial charge in [0.2, 0.25) is 10.0 Å². The van der Waals surface area contributed by atoms with Crippen molar-refractivity contribution < 1.29 is 22.3 Å². The molecule has 3 aromatic carbocycles. The van der Waals surface area contributed by atoms with Crippen molar-refractivity contribution in [1.29, 1.82) is 0 Å². The van der Waals surface area contributed by atoms with Gasteiger partial charge in [0.05, 0.1) is 11.9 Å². The van der Waals surface area contributed by atoms with Gasteiger partial charge in [-0.3, -0.25) is 4.79 Å². The molecular weight excluding hydrogens is 457 g/mol. The molecule has 0 bridgehead atoms. The van der Waals surface area contributed by atoms with Gasteiger partial charge in [-0.25, -0.2) is 17.5 Å². The van der Waals surface area contributed by atoms with Crippen LogP contribution in [0.2, 0.25) is 0 Å². The zero-order valence-electron chi connectivity index (χ0n) is 18.0. The molecule has 7 nitrogen and oxygen atoms in total. The standard InChI is InChI=1S/C25H22FN3O4S/c26-22-13-7-8-14-24(22)34(31,32)28-23(15-19-9-3-1-4-10-19)25(30)33-18-20-16-27-29(17-20)21-11-5-2-6-12-21/h1-14,16-17,23,28H,15,18H2/t23-/m1/s1. The third-order valence-corrected chi connectivity index (χ3v) is 6.53. The summed E-state index contributed by atoms with van der Waals surface area (Å²) >= 11 is 0. The number of esters is 1. The van der Waals surface area contributed by atoms with Gasteiger partial charge in [-0.1, -0.05) is 60.7 Å². The second-order valence-corrected chi connectivity index (χ2v) is 9.21. The van der Waals surface area contributed by atoms with Gasteiger partial charge in [0.15, 0.2) is 0 Å². The molecule has 4 aromatic rings. The molecule has 0 spiro atoms. The van der Waals surface area contributed by atoms with Crippen LogP contribution < -0.4 is 4.72 Å². The van der Waals surface area contributed by atoms with E-state index in [1.165, 1.54) is 12.1 Å². The van der Waals surface area contributed by atoms with Crippen molar-refractivity contribution >= 4 is 16.0 Å². The van der Waals surface area contributed by atoms with Gasteiger partial charge in [0.25, 0.3) is 0 Å². The number of benzene rings is 3. The van der Waals surface area contributed by atoms with Gasteiger partial charge in [-0.05, 0) is 36.2 Å². The highest BCUT2D eigenvalue weighted by molar-refractivity contribution is 7.89. The second-order valence-electron chi connectivity index (χ2n) is 7.53. The van der Waals surface area contributed by atoms with Crippen molar-refractivity contribution in [2.75, 3.05) is 0 Å². The lowest BCUT2D eigenvalue weighted by atomic mass is 10.1. The summed E-state index contributed by atoms with van der Waals surface area (Å²) in [4.78, 5) is 12.4. The number of sulfonamides is 1. The Labute approximate surface area is 196 Å². The maximum Gasteiger partial charge on any atom is 0.324 e. The molecule has 1 heterocycles. The second kappa shape index (κ2) is 10.4. The zero-order valence-corrected chi connectivity index (χ0v) is 18.9. The number of para-hydroxylation sites is 1. The molecule has 1 aromatic heterocycles. The summed E-state index contributed by atoms with van der Waals surface area (Å²) in [6.45, 7) is -0.0988. The first-order valence-corrected chi connectivity index (χ1v) is 12.0. The smallest absolute Gasteiger partial charge is 0.324 e. The lowest BCUT2D eigenvalue weighted by Gasteiger charge is -2.18. The Bertz CT molecular complexity index is 1360. The molecule has 0 saturated carbocycles. The fourth-order valence-corrected chi connectivity index (χ4v) is 4.61. The number of nitrogens with zero attached hydrogens (tertiary/aromatic N) is 2. The molecule has 1 N–H and O–H groups in total. The molecule has 174 valence electrons. The van der Waals surface area contributed by atoms with E-state index >= 15 is 0 Å². The first-order valence-electron chi connectivity index (χ1n) is 10.5. The SMILES string of the molecule is O=C(OCc1cnn(-c2ccccc2)c1)[C@@H](Cc1ccccc1)NS(=O)(=O)c1ccccc1F. The van der Waals surface area contributed by atoms with Crippen LogP contribution in [0, 0.1) is 5.82 Å². The minimum Gasteiger partial charge on any atom is -0.459 e. The third-order valence-electron chi connectivity index (χ3n) is 5.03. The molecule has 4 rings (SSSR count). The van der Waals surface area contributed by atoms with Crippen LogP contribution in [0.1, 0.15) is 11.1 Å². The van der Waals surface area contributed by atoms with Crippen LogP contribution in [0.15, 0.2) is 102 Å². The number of carbonyl (C=O) groups excluding carboxylic acids is 1. The molecular formula is C25H22FN3O4S. The van der Waals surface area contributed by atoms with E-state index in [0.717, 1.165) is 23.4 Å². The van der Waals surface area contributed by atoms with Crippen molar-refractivity contribution in [2.24, 2.45) is 0 Å². The van der Waals surface area contributed by atoms with Gasteiger partial charge in [0.1, 0.15) is 23.4 Å². The first kappa shape index (κ1) is 23.3. The minimum atomic E-state index is -4.31. The van der Waals surface area contributed by atoms with Gasteiger partial charge in [0, 0.05) is 11.8 Å². The lowest BCUT2D eigenvalue weighted by molar-refractivity contribution is -0.147. The van der Waals surface area contributed by atoms with E-state index in [0.29, 0.717) is 5.56 Å². The van der Waals surface area contributed by atoms with E-state index in [-0.39, 0.29) is 13.0 Å². The predicted octanol–water partition coefficient (Wildman–Crippen LogP) is 3.64. The number of rotatable bonds is 9. The Balaban J connectivity index is 1.50. The number of aromatic nitrogens is 2. The van der Waals surface area contributed by atoms with E-state index in [9.17, 15) is 17.6 Å². The molecule has 0 fully saturated rings. The van der Waals surface area contributed by atoms with E-state index < -0.39 is 32.7 Å². The molecule has 1 atom stereocenters. The van der Waals surface area contributed by atoms with Crippen LogP contribution in [-0.4, -0.2) is 30.2 Å². The Kier molecular flexibility index (Phi) is 7.15.